The highest BCUT2D eigenvalue weighted by Crippen LogP contribution is 2.06. The lowest BCUT2D eigenvalue weighted by Crippen LogP contribution is -2.12. The molecule has 3 nitrogen and oxygen atoms in total. The van der Waals surface area contributed by atoms with E-state index in [-0.39, 0.29) is 23.7 Å². The smallest absolute Gasteiger partial charge is 0.333 e. The summed E-state index contributed by atoms with van der Waals surface area (Å²) in [5, 5.41) is 0. The predicted octanol–water partition coefficient (Wildman–Crippen LogP) is 1.33. The van der Waals surface area contributed by atoms with Crippen molar-refractivity contribution in [1.29, 1.82) is 0 Å². The zero-order valence-corrected chi connectivity index (χ0v) is 7.72. The number of carbonyl (C=O) groups excluding carboxylic acids is 2. The molecule has 0 bridgehead atoms. The topological polar surface area (TPSA) is 43.4 Å². The Morgan fingerprint density at radius 1 is 1.42 bits per heavy atom. The average molecular weight is 170 g/mol. The molecule has 0 saturated carbocycles. The number of ether oxygens (including phenoxy) is 1. The normalized spacial score (nSPS) is 9.67. The van der Waals surface area contributed by atoms with E-state index in [4.69, 9.17) is 0 Å². The van der Waals surface area contributed by atoms with Crippen LogP contribution in [0, 0.1) is 5.92 Å². The van der Waals surface area contributed by atoms with Crippen molar-refractivity contribution in [2.75, 3.05) is 7.11 Å². The molecule has 12 heavy (non-hydrogen) atoms. The molecule has 0 aliphatic carbocycles. The van der Waals surface area contributed by atoms with E-state index in [0.29, 0.717) is 0 Å². The third-order valence-electron chi connectivity index (χ3n) is 1.51. The molecule has 0 aliphatic heterocycles. The largest absolute Gasteiger partial charge is 0.466 e. The van der Waals surface area contributed by atoms with Crippen LogP contribution in [0.2, 0.25) is 0 Å². The zero-order valence-electron chi connectivity index (χ0n) is 7.72. The summed E-state index contributed by atoms with van der Waals surface area (Å²) in [5.41, 5.74) is 0.219. The summed E-state index contributed by atoms with van der Waals surface area (Å²) >= 11 is 0. The van der Waals surface area contributed by atoms with Crippen LogP contribution >= 0.6 is 0 Å². The Kier molecular flexibility index (Phi) is 4.26. The molecule has 0 heterocycles. The molecule has 0 spiro atoms. The lowest BCUT2D eigenvalue weighted by molar-refractivity contribution is -0.137. The van der Waals surface area contributed by atoms with Gasteiger partial charge in [0, 0.05) is 17.9 Å². The molecule has 0 fully saturated rings. The Balaban J connectivity index is 4.02. The highest BCUT2D eigenvalue weighted by atomic mass is 16.5. The van der Waals surface area contributed by atoms with Gasteiger partial charge in [0.05, 0.1) is 7.11 Å². The molecule has 0 amide bonds. The van der Waals surface area contributed by atoms with E-state index < -0.39 is 5.97 Å². The van der Waals surface area contributed by atoms with Crippen LogP contribution in [0.3, 0.4) is 0 Å². The number of hydrogen-bond donors (Lipinski definition) is 0. The first-order valence-corrected chi connectivity index (χ1v) is 3.77. The van der Waals surface area contributed by atoms with Gasteiger partial charge in [-0.05, 0) is 0 Å². The van der Waals surface area contributed by atoms with Crippen molar-refractivity contribution in [2.45, 2.75) is 20.3 Å². The Hall–Kier alpha value is -1.12. The average Bonchev–Trinajstić information content (AvgIpc) is 2.02. The Morgan fingerprint density at radius 3 is 2.25 bits per heavy atom. The second kappa shape index (κ2) is 4.70. The summed E-state index contributed by atoms with van der Waals surface area (Å²) in [6.07, 6.45) is 0.0876. The van der Waals surface area contributed by atoms with E-state index in [2.05, 4.69) is 11.3 Å². The fourth-order valence-corrected chi connectivity index (χ4v) is 0.631. The maximum atomic E-state index is 11.1. The second-order valence-corrected chi connectivity index (χ2v) is 2.89. The molecule has 3 heteroatoms. The van der Waals surface area contributed by atoms with Crippen LogP contribution in [0.4, 0.5) is 0 Å². The number of ketones is 1. The van der Waals surface area contributed by atoms with Crippen molar-refractivity contribution in [3.8, 4) is 0 Å². The van der Waals surface area contributed by atoms with Crippen molar-refractivity contribution in [3.63, 3.8) is 0 Å². The highest BCUT2D eigenvalue weighted by molar-refractivity contribution is 5.95. The first-order valence-electron chi connectivity index (χ1n) is 3.77. The van der Waals surface area contributed by atoms with Crippen LogP contribution in [0.25, 0.3) is 0 Å². The summed E-state index contributed by atoms with van der Waals surface area (Å²) in [6.45, 7) is 7.02. The van der Waals surface area contributed by atoms with Crippen LogP contribution in [0.1, 0.15) is 20.3 Å². The van der Waals surface area contributed by atoms with Crippen LogP contribution in [-0.4, -0.2) is 18.9 Å². The van der Waals surface area contributed by atoms with Crippen molar-refractivity contribution in [3.05, 3.63) is 12.2 Å². The lowest BCUT2D eigenvalue weighted by Gasteiger charge is -2.04. The molecule has 0 saturated heterocycles. The summed E-state index contributed by atoms with van der Waals surface area (Å²) < 4.78 is 4.40. The zero-order chi connectivity index (χ0) is 9.72. The molecule has 0 rings (SSSR count). The van der Waals surface area contributed by atoms with Crippen LogP contribution in [0.15, 0.2) is 12.2 Å². The Labute approximate surface area is 72.4 Å². The minimum absolute atomic E-state index is 0.00500. The van der Waals surface area contributed by atoms with Gasteiger partial charge in [0.25, 0.3) is 0 Å². The van der Waals surface area contributed by atoms with Gasteiger partial charge in [0.2, 0.25) is 0 Å². The number of Topliss-reactive ketones (excluding diaryl/α,β-unsaturated/α-hetero) is 1. The maximum absolute atomic E-state index is 11.1. The van der Waals surface area contributed by atoms with Crippen molar-refractivity contribution >= 4 is 11.8 Å². The molecule has 0 aromatic heterocycles. The molecule has 0 aliphatic rings. The first-order chi connectivity index (χ1) is 5.49. The fourth-order valence-electron chi connectivity index (χ4n) is 0.631. The molecule has 0 radical (unpaired) electrons. The SMILES string of the molecule is C=C(CC(=O)C(C)C)C(=O)OC. The number of hydrogen-bond acceptors (Lipinski definition) is 3. The molecule has 68 valence electrons. The van der Waals surface area contributed by atoms with Crippen molar-refractivity contribution in [2.24, 2.45) is 5.92 Å². The van der Waals surface area contributed by atoms with E-state index >= 15 is 0 Å². The van der Waals surface area contributed by atoms with Crippen molar-refractivity contribution < 1.29 is 14.3 Å². The minimum atomic E-state index is -0.510. The Morgan fingerprint density at radius 2 is 1.92 bits per heavy atom. The number of rotatable bonds is 4. The van der Waals surface area contributed by atoms with Crippen LogP contribution in [0.5, 0.6) is 0 Å². The van der Waals surface area contributed by atoms with E-state index in [0.717, 1.165) is 0 Å². The molecule has 0 aromatic carbocycles. The summed E-state index contributed by atoms with van der Waals surface area (Å²) in [6, 6.07) is 0. The lowest BCUT2D eigenvalue weighted by atomic mass is 10.0. The minimum Gasteiger partial charge on any atom is -0.466 e. The van der Waals surface area contributed by atoms with Gasteiger partial charge in [-0.25, -0.2) is 4.79 Å². The molecular weight excluding hydrogens is 156 g/mol. The first kappa shape index (κ1) is 10.9. The summed E-state index contributed by atoms with van der Waals surface area (Å²) in [7, 11) is 1.27. The van der Waals surface area contributed by atoms with E-state index in [1.807, 2.05) is 0 Å². The van der Waals surface area contributed by atoms with Gasteiger partial charge in [-0.2, -0.15) is 0 Å². The van der Waals surface area contributed by atoms with Gasteiger partial charge in [-0.15, -0.1) is 0 Å². The van der Waals surface area contributed by atoms with Gasteiger partial charge in [-0.3, -0.25) is 4.79 Å². The van der Waals surface area contributed by atoms with Gasteiger partial charge < -0.3 is 4.74 Å². The van der Waals surface area contributed by atoms with E-state index in [1.165, 1.54) is 7.11 Å². The highest BCUT2D eigenvalue weighted by Gasteiger charge is 2.13. The molecule has 0 unspecified atom stereocenters. The van der Waals surface area contributed by atoms with Gasteiger partial charge >= 0.3 is 5.97 Å². The summed E-state index contributed by atoms with van der Waals surface area (Å²) in [5.74, 6) is -0.569. The monoisotopic (exact) mass is 170 g/mol. The Bertz CT molecular complexity index is 204. The number of esters is 1. The van der Waals surface area contributed by atoms with Crippen molar-refractivity contribution in [1.82, 2.24) is 0 Å². The van der Waals surface area contributed by atoms with E-state index in [9.17, 15) is 9.59 Å². The third kappa shape index (κ3) is 3.32. The van der Waals surface area contributed by atoms with Gasteiger partial charge in [0.15, 0.2) is 0 Å². The van der Waals surface area contributed by atoms with Crippen LogP contribution in [-0.2, 0) is 14.3 Å². The standard InChI is InChI=1S/C9H14O3/c1-6(2)8(10)5-7(3)9(11)12-4/h6H,3,5H2,1-2,4H3. The summed E-state index contributed by atoms with van der Waals surface area (Å²) in [4.78, 5) is 21.9. The number of carbonyl (C=O) groups is 2. The fraction of sp³-hybridized carbons (Fsp3) is 0.556. The predicted molar refractivity (Wildman–Crippen MR) is 45.6 cm³/mol. The molecule has 0 atom stereocenters. The maximum Gasteiger partial charge on any atom is 0.333 e. The molecule has 0 aromatic rings. The quantitative estimate of drug-likeness (QED) is 0.472. The number of methoxy groups -OCH3 is 1. The van der Waals surface area contributed by atoms with Crippen LogP contribution < -0.4 is 0 Å². The third-order valence-corrected chi connectivity index (χ3v) is 1.51. The van der Waals surface area contributed by atoms with Gasteiger partial charge in [-0.1, -0.05) is 20.4 Å². The molecule has 0 N–H and O–H groups in total. The second-order valence-electron chi connectivity index (χ2n) is 2.89. The molecular formula is C9H14O3. The van der Waals surface area contributed by atoms with Gasteiger partial charge in [0.1, 0.15) is 5.78 Å². The van der Waals surface area contributed by atoms with E-state index in [1.54, 1.807) is 13.8 Å².